The first-order valence-electron chi connectivity index (χ1n) is 8.64. The van der Waals surface area contributed by atoms with E-state index in [1.54, 1.807) is 0 Å². The molecule has 1 aromatic rings. The summed E-state index contributed by atoms with van der Waals surface area (Å²) in [5.74, 6) is -0.906. The van der Waals surface area contributed by atoms with Crippen LogP contribution in [0.4, 0.5) is 17.1 Å². The van der Waals surface area contributed by atoms with Gasteiger partial charge >= 0.3 is 11.7 Å². The molecule has 1 aliphatic carbocycles. The summed E-state index contributed by atoms with van der Waals surface area (Å²) in [6, 6.07) is 3.28. The molecule has 1 aromatic carbocycles. The van der Waals surface area contributed by atoms with Gasteiger partial charge in [-0.1, -0.05) is 13.8 Å². The van der Waals surface area contributed by atoms with Gasteiger partial charge in [0, 0.05) is 11.5 Å². The molecule has 0 aliphatic heterocycles. The molecule has 1 aliphatic rings. The van der Waals surface area contributed by atoms with Gasteiger partial charge in [0.15, 0.2) is 0 Å². The number of carbonyl (C=O) groups is 1. The number of non-ortho nitro benzene ring substituents is 1. The number of nitrogens with one attached hydrogen (secondary N) is 1. The highest BCUT2D eigenvalue weighted by Crippen LogP contribution is 2.45. The smallest absolute Gasteiger partial charge is 0.314 e. The molecular weight excluding hydrogens is 356 g/mol. The van der Waals surface area contributed by atoms with Gasteiger partial charge in [0.25, 0.3) is 5.69 Å². The fraction of sp³-hybridized carbons (Fsp3) is 0.529. The molecule has 10 nitrogen and oxygen atoms in total. The second-order valence-corrected chi connectivity index (χ2v) is 6.43. The summed E-state index contributed by atoms with van der Waals surface area (Å²) < 4.78 is 4.87. The van der Waals surface area contributed by atoms with E-state index < -0.39 is 27.4 Å². The van der Waals surface area contributed by atoms with Crippen molar-refractivity contribution in [3.05, 3.63) is 38.4 Å². The van der Waals surface area contributed by atoms with Crippen LogP contribution in [0.5, 0.6) is 0 Å². The number of nitrogens with zero attached hydrogens (tertiary/aromatic N) is 3. The van der Waals surface area contributed by atoms with Gasteiger partial charge in [-0.3, -0.25) is 30.4 Å². The van der Waals surface area contributed by atoms with E-state index in [1.807, 2.05) is 13.8 Å². The number of anilines is 1. The fourth-order valence-electron chi connectivity index (χ4n) is 3.59. The van der Waals surface area contributed by atoms with Crippen molar-refractivity contribution in [2.45, 2.75) is 39.5 Å². The number of benzene rings is 1. The first-order valence-corrected chi connectivity index (χ1v) is 8.64. The Morgan fingerprint density at radius 2 is 1.96 bits per heavy atom. The fourth-order valence-corrected chi connectivity index (χ4v) is 3.59. The molecule has 27 heavy (non-hydrogen) atoms. The van der Waals surface area contributed by atoms with Crippen molar-refractivity contribution in [1.29, 1.82) is 0 Å². The second kappa shape index (κ2) is 8.11. The van der Waals surface area contributed by atoms with Crippen LogP contribution in [0.2, 0.25) is 0 Å². The third-order valence-electron chi connectivity index (χ3n) is 5.31. The standard InChI is InChI=1S/C17H22N4O6/c1-4-17(5-2)9-8-12(16(22)27-3)15(17)19-18-13-7-6-11(20(23)24)10-14(13)21(25)26/h6-7,10,12,18H,4-5,8-9H2,1-3H3. The van der Waals surface area contributed by atoms with Crippen molar-refractivity contribution in [3.63, 3.8) is 0 Å². The van der Waals surface area contributed by atoms with Gasteiger partial charge in [-0.15, -0.1) is 0 Å². The third-order valence-corrected chi connectivity index (χ3v) is 5.31. The number of ether oxygens (including phenoxy) is 1. The number of rotatable bonds is 7. The first-order chi connectivity index (χ1) is 12.8. The Balaban J connectivity index is 2.44. The normalized spacial score (nSPS) is 19.7. The average molecular weight is 378 g/mol. The lowest BCUT2D eigenvalue weighted by Crippen LogP contribution is -2.32. The van der Waals surface area contributed by atoms with E-state index in [4.69, 9.17) is 4.74 Å². The highest BCUT2D eigenvalue weighted by molar-refractivity contribution is 6.07. The number of methoxy groups -OCH3 is 1. The van der Waals surface area contributed by atoms with E-state index in [0.717, 1.165) is 31.4 Å². The molecule has 10 heteroatoms. The number of carbonyl (C=O) groups excluding carboxylic acids is 1. The Morgan fingerprint density at radius 1 is 1.30 bits per heavy atom. The van der Waals surface area contributed by atoms with Gasteiger partial charge in [0.1, 0.15) is 5.69 Å². The van der Waals surface area contributed by atoms with Gasteiger partial charge in [0.2, 0.25) is 0 Å². The van der Waals surface area contributed by atoms with Gasteiger partial charge in [-0.2, -0.15) is 5.10 Å². The average Bonchev–Trinajstić information content (AvgIpc) is 3.04. The maximum Gasteiger partial charge on any atom is 0.314 e. The van der Waals surface area contributed by atoms with Crippen molar-refractivity contribution >= 4 is 28.7 Å². The van der Waals surface area contributed by atoms with E-state index in [-0.39, 0.29) is 16.8 Å². The highest BCUT2D eigenvalue weighted by Gasteiger charge is 2.46. The molecule has 2 rings (SSSR count). The highest BCUT2D eigenvalue weighted by atomic mass is 16.6. The Bertz CT molecular complexity index is 788. The largest absolute Gasteiger partial charge is 0.469 e. The molecule has 1 unspecified atom stereocenters. The van der Waals surface area contributed by atoms with E-state index in [9.17, 15) is 25.0 Å². The van der Waals surface area contributed by atoms with Crippen molar-refractivity contribution in [2.24, 2.45) is 16.4 Å². The Kier molecular flexibility index (Phi) is 6.09. The van der Waals surface area contributed by atoms with Crippen LogP contribution in [0.1, 0.15) is 39.5 Å². The summed E-state index contributed by atoms with van der Waals surface area (Å²) in [7, 11) is 1.31. The minimum Gasteiger partial charge on any atom is -0.469 e. The molecule has 0 saturated heterocycles. The van der Waals surface area contributed by atoms with Crippen LogP contribution in [0, 0.1) is 31.6 Å². The maximum absolute atomic E-state index is 12.1. The molecule has 1 atom stereocenters. The lowest BCUT2D eigenvalue weighted by Gasteiger charge is -2.27. The minimum absolute atomic E-state index is 0.0229. The molecule has 0 heterocycles. The number of nitro benzene ring substituents is 2. The second-order valence-electron chi connectivity index (χ2n) is 6.43. The SMILES string of the molecule is CCC1(CC)CCC(C(=O)OC)C1=NNc1ccc([N+](=O)[O-])cc1[N+](=O)[O-]. The van der Waals surface area contributed by atoms with Crippen LogP contribution >= 0.6 is 0 Å². The molecule has 1 N–H and O–H groups in total. The molecule has 0 spiro atoms. The summed E-state index contributed by atoms with van der Waals surface area (Å²) >= 11 is 0. The van der Waals surface area contributed by atoms with Gasteiger partial charge in [0.05, 0.1) is 34.7 Å². The molecule has 0 bridgehead atoms. The van der Waals surface area contributed by atoms with Crippen LogP contribution in [0.3, 0.4) is 0 Å². The zero-order valence-electron chi connectivity index (χ0n) is 15.4. The third kappa shape index (κ3) is 3.88. The zero-order chi connectivity index (χ0) is 20.2. The summed E-state index contributed by atoms with van der Waals surface area (Å²) in [4.78, 5) is 32.8. The zero-order valence-corrected chi connectivity index (χ0v) is 15.4. The quantitative estimate of drug-likeness (QED) is 0.434. The predicted octanol–water partition coefficient (Wildman–Crippen LogP) is 3.66. The molecule has 1 fully saturated rings. The van der Waals surface area contributed by atoms with Gasteiger partial charge < -0.3 is 4.74 Å². The number of hydrogen-bond donors (Lipinski definition) is 1. The molecule has 0 amide bonds. The van der Waals surface area contributed by atoms with Crippen molar-refractivity contribution in [1.82, 2.24) is 0 Å². The molecule has 0 aromatic heterocycles. The van der Waals surface area contributed by atoms with Crippen LogP contribution in [-0.4, -0.2) is 28.6 Å². The Morgan fingerprint density at radius 3 is 2.48 bits per heavy atom. The maximum atomic E-state index is 12.1. The predicted molar refractivity (Wildman–Crippen MR) is 98.6 cm³/mol. The molecule has 146 valence electrons. The van der Waals surface area contributed by atoms with Crippen LogP contribution in [0.15, 0.2) is 23.3 Å². The lowest BCUT2D eigenvalue weighted by atomic mass is 9.78. The minimum atomic E-state index is -0.713. The van der Waals surface area contributed by atoms with Crippen LogP contribution in [0.25, 0.3) is 0 Å². The topological polar surface area (TPSA) is 137 Å². The van der Waals surface area contributed by atoms with Crippen molar-refractivity contribution in [2.75, 3.05) is 12.5 Å². The monoisotopic (exact) mass is 378 g/mol. The Labute approximate surface area is 155 Å². The summed E-state index contributed by atoms with van der Waals surface area (Å²) in [5, 5.41) is 26.5. The van der Waals surface area contributed by atoms with Crippen molar-refractivity contribution in [3.8, 4) is 0 Å². The Hall–Kier alpha value is -3.04. The molecule has 0 radical (unpaired) electrons. The molecular formula is C17H22N4O6. The van der Waals surface area contributed by atoms with Crippen LogP contribution in [-0.2, 0) is 9.53 Å². The summed E-state index contributed by atoms with van der Waals surface area (Å²) in [6.07, 6.45) is 2.89. The van der Waals surface area contributed by atoms with Crippen molar-refractivity contribution < 1.29 is 19.4 Å². The number of esters is 1. The molecule has 1 saturated carbocycles. The van der Waals surface area contributed by atoms with Gasteiger partial charge in [-0.25, -0.2) is 0 Å². The van der Waals surface area contributed by atoms with E-state index in [2.05, 4.69) is 10.5 Å². The lowest BCUT2D eigenvalue weighted by molar-refractivity contribution is -0.393. The van der Waals surface area contributed by atoms with Crippen LogP contribution < -0.4 is 5.43 Å². The summed E-state index contributed by atoms with van der Waals surface area (Å²) in [5.41, 5.74) is 2.14. The number of nitro groups is 2. The van der Waals surface area contributed by atoms with E-state index in [0.29, 0.717) is 12.1 Å². The summed E-state index contributed by atoms with van der Waals surface area (Å²) in [6.45, 7) is 4.01. The number of hydrazone groups is 1. The first kappa shape index (κ1) is 20.3. The number of hydrogen-bond acceptors (Lipinski definition) is 8. The van der Waals surface area contributed by atoms with Gasteiger partial charge in [-0.05, 0) is 31.7 Å². The van der Waals surface area contributed by atoms with E-state index in [1.165, 1.54) is 13.2 Å². The van der Waals surface area contributed by atoms with E-state index >= 15 is 0 Å².